The van der Waals surface area contributed by atoms with E-state index in [1.54, 1.807) is 0 Å². The normalized spacial score (nSPS) is 36.2. The highest BCUT2D eigenvalue weighted by molar-refractivity contribution is 4.98. The molecule has 100 valence electrons. The summed E-state index contributed by atoms with van der Waals surface area (Å²) in [4.78, 5) is 0. The second-order valence-electron chi connectivity index (χ2n) is 7.89. The Morgan fingerprint density at radius 2 is 1.76 bits per heavy atom. The summed E-state index contributed by atoms with van der Waals surface area (Å²) in [6.45, 7) is 13.0. The van der Waals surface area contributed by atoms with E-state index in [-0.39, 0.29) is 5.54 Å². The minimum atomic E-state index is 0.258. The van der Waals surface area contributed by atoms with E-state index >= 15 is 0 Å². The van der Waals surface area contributed by atoms with Crippen molar-refractivity contribution in [3.05, 3.63) is 0 Å². The smallest absolute Gasteiger partial charge is 0.00967 e. The molecule has 4 atom stereocenters. The molecule has 2 saturated carbocycles. The first-order valence-corrected chi connectivity index (χ1v) is 7.59. The fraction of sp³-hybridized carbons (Fsp3) is 1.00. The lowest BCUT2D eigenvalue weighted by Crippen LogP contribution is -2.46. The number of fused-ring (bicyclic) bond motifs is 2. The molecule has 4 unspecified atom stereocenters. The van der Waals surface area contributed by atoms with Gasteiger partial charge >= 0.3 is 0 Å². The average molecular weight is 237 g/mol. The van der Waals surface area contributed by atoms with Crippen LogP contribution in [0.15, 0.2) is 0 Å². The summed E-state index contributed by atoms with van der Waals surface area (Å²) < 4.78 is 0. The molecule has 0 heterocycles. The highest BCUT2D eigenvalue weighted by Crippen LogP contribution is 2.55. The Labute approximate surface area is 108 Å². The number of rotatable bonds is 4. The van der Waals surface area contributed by atoms with Crippen LogP contribution in [0.25, 0.3) is 0 Å². The summed E-state index contributed by atoms with van der Waals surface area (Å²) >= 11 is 0. The topological polar surface area (TPSA) is 12.0 Å². The molecule has 2 bridgehead atoms. The van der Waals surface area contributed by atoms with Gasteiger partial charge < -0.3 is 5.32 Å². The van der Waals surface area contributed by atoms with Crippen LogP contribution in [0, 0.1) is 23.2 Å². The second-order valence-corrected chi connectivity index (χ2v) is 7.89. The number of nitrogens with one attached hydrogen (secondary N) is 1. The quantitative estimate of drug-likeness (QED) is 0.771. The molecule has 2 aliphatic rings. The Hall–Kier alpha value is -0.0400. The third-order valence-electron chi connectivity index (χ3n) is 5.46. The molecule has 17 heavy (non-hydrogen) atoms. The molecule has 0 amide bonds. The maximum Gasteiger partial charge on any atom is 0.00967 e. The van der Waals surface area contributed by atoms with Gasteiger partial charge in [-0.25, -0.2) is 0 Å². The lowest BCUT2D eigenvalue weighted by atomic mass is 9.67. The molecule has 1 nitrogen and oxygen atoms in total. The molecule has 1 N–H and O–H groups in total. The summed E-state index contributed by atoms with van der Waals surface area (Å²) in [6.07, 6.45) is 7.41. The van der Waals surface area contributed by atoms with E-state index in [2.05, 4.69) is 39.9 Å². The summed E-state index contributed by atoms with van der Waals surface area (Å²) in [6, 6.07) is 0. The zero-order valence-electron chi connectivity index (χ0n) is 12.5. The van der Waals surface area contributed by atoms with Crippen molar-refractivity contribution in [2.45, 2.75) is 72.3 Å². The van der Waals surface area contributed by atoms with Gasteiger partial charge in [0.05, 0.1) is 0 Å². The van der Waals surface area contributed by atoms with Crippen molar-refractivity contribution in [3.8, 4) is 0 Å². The predicted molar refractivity (Wildman–Crippen MR) is 75.1 cm³/mol. The molecular weight excluding hydrogens is 206 g/mol. The highest BCUT2D eigenvalue weighted by Gasteiger charge is 2.47. The zero-order chi connectivity index (χ0) is 12.7. The number of hydrogen-bond acceptors (Lipinski definition) is 1. The van der Waals surface area contributed by atoms with Crippen LogP contribution in [0.4, 0.5) is 0 Å². The van der Waals surface area contributed by atoms with Crippen molar-refractivity contribution in [2.75, 3.05) is 6.54 Å². The first-order valence-electron chi connectivity index (χ1n) is 7.59. The molecule has 2 rings (SSSR count). The van der Waals surface area contributed by atoms with Crippen LogP contribution < -0.4 is 5.32 Å². The van der Waals surface area contributed by atoms with E-state index < -0.39 is 0 Å². The van der Waals surface area contributed by atoms with Crippen molar-refractivity contribution in [1.82, 2.24) is 5.32 Å². The van der Waals surface area contributed by atoms with Gasteiger partial charge in [0.1, 0.15) is 0 Å². The average Bonchev–Trinajstić information content (AvgIpc) is 2.86. The molecule has 0 aromatic rings. The first kappa shape index (κ1) is 13.4. The molecule has 1 heteroatoms. The maximum absolute atomic E-state index is 3.75. The van der Waals surface area contributed by atoms with Gasteiger partial charge in [0.2, 0.25) is 0 Å². The molecule has 0 spiro atoms. The van der Waals surface area contributed by atoms with Gasteiger partial charge in [0.15, 0.2) is 0 Å². The lowest BCUT2D eigenvalue weighted by molar-refractivity contribution is 0.104. The molecule has 0 radical (unpaired) electrons. The van der Waals surface area contributed by atoms with Crippen LogP contribution in [0.1, 0.15) is 66.7 Å². The van der Waals surface area contributed by atoms with E-state index in [9.17, 15) is 0 Å². The monoisotopic (exact) mass is 237 g/mol. The van der Waals surface area contributed by atoms with Crippen LogP contribution in [0.3, 0.4) is 0 Å². The minimum absolute atomic E-state index is 0.258. The largest absolute Gasteiger partial charge is 0.312 e. The van der Waals surface area contributed by atoms with E-state index in [0.717, 1.165) is 17.8 Å². The van der Waals surface area contributed by atoms with Crippen molar-refractivity contribution >= 4 is 0 Å². The Kier molecular flexibility index (Phi) is 3.60. The summed E-state index contributed by atoms with van der Waals surface area (Å²) in [5.74, 6) is 3.11. The SMILES string of the molecule is CCC(C)(CNC(C)(C)C)C1CC2CCC1C2. The van der Waals surface area contributed by atoms with Crippen LogP contribution in [0.5, 0.6) is 0 Å². The van der Waals surface area contributed by atoms with Gasteiger partial charge in [0.25, 0.3) is 0 Å². The first-order chi connectivity index (χ1) is 7.84. The van der Waals surface area contributed by atoms with Crippen molar-refractivity contribution < 1.29 is 0 Å². The predicted octanol–water partition coefficient (Wildman–Crippen LogP) is 4.23. The van der Waals surface area contributed by atoms with Gasteiger partial charge in [-0.3, -0.25) is 0 Å². The lowest BCUT2D eigenvalue weighted by Gasteiger charge is -2.42. The Morgan fingerprint density at radius 1 is 1.06 bits per heavy atom. The Balaban J connectivity index is 1.99. The van der Waals surface area contributed by atoms with Crippen molar-refractivity contribution in [3.63, 3.8) is 0 Å². The fourth-order valence-corrected chi connectivity index (χ4v) is 4.08. The van der Waals surface area contributed by atoms with E-state index in [1.807, 2.05) is 0 Å². The number of hydrogen-bond donors (Lipinski definition) is 1. The molecule has 0 saturated heterocycles. The minimum Gasteiger partial charge on any atom is -0.312 e. The van der Waals surface area contributed by atoms with Crippen LogP contribution in [0.2, 0.25) is 0 Å². The Morgan fingerprint density at radius 3 is 2.18 bits per heavy atom. The molecule has 0 aromatic heterocycles. The van der Waals surface area contributed by atoms with Gasteiger partial charge in [-0.1, -0.05) is 20.3 Å². The van der Waals surface area contributed by atoms with E-state index in [0.29, 0.717) is 5.41 Å². The highest BCUT2D eigenvalue weighted by atomic mass is 15.0. The van der Waals surface area contributed by atoms with Gasteiger partial charge in [-0.2, -0.15) is 0 Å². The van der Waals surface area contributed by atoms with Gasteiger partial charge in [0, 0.05) is 12.1 Å². The molecule has 0 aromatic carbocycles. The standard InChI is InChI=1S/C16H31N/c1-6-16(5,11-17-15(2,3)4)14-10-12-7-8-13(14)9-12/h12-14,17H,6-11H2,1-5H3. The van der Waals surface area contributed by atoms with Gasteiger partial charge in [-0.15, -0.1) is 0 Å². The molecule has 0 aliphatic heterocycles. The van der Waals surface area contributed by atoms with Crippen LogP contribution >= 0.6 is 0 Å². The summed E-state index contributed by atoms with van der Waals surface area (Å²) in [7, 11) is 0. The molecular formula is C16H31N. The van der Waals surface area contributed by atoms with E-state index in [4.69, 9.17) is 0 Å². The summed E-state index contributed by atoms with van der Waals surface area (Å²) in [5, 5.41) is 3.75. The molecule has 2 aliphatic carbocycles. The van der Waals surface area contributed by atoms with Crippen LogP contribution in [-0.4, -0.2) is 12.1 Å². The third-order valence-corrected chi connectivity index (χ3v) is 5.46. The Bertz CT molecular complexity index is 265. The fourth-order valence-electron chi connectivity index (χ4n) is 4.08. The van der Waals surface area contributed by atoms with Gasteiger partial charge in [-0.05, 0) is 69.6 Å². The van der Waals surface area contributed by atoms with E-state index in [1.165, 1.54) is 38.6 Å². The van der Waals surface area contributed by atoms with Crippen molar-refractivity contribution in [2.24, 2.45) is 23.2 Å². The zero-order valence-corrected chi connectivity index (χ0v) is 12.5. The second kappa shape index (κ2) is 4.57. The maximum atomic E-state index is 3.75. The van der Waals surface area contributed by atoms with Crippen molar-refractivity contribution in [1.29, 1.82) is 0 Å². The summed E-state index contributed by atoms with van der Waals surface area (Å²) in [5.41, 5.74) is 0.779. The van der Waals surface area contributed by atoms with Crippen LogP contribution in [-0.2, 0) is 0 Å². The molecule has 2 fully saturated rings. The third kappa shape index (κ3) is 2.86.